The van der Waals surface area contributed by atoms with Gasteiger partial charge in [0.15, 0.2) is 0 Å². The summed E-state index contributed by atoms with van der Waals surface area (Å²) in [5.41, 5.74) is 3.76. The normalized spacial score (nSPS) is 17.6. The molecule has 0 aromatic heterocycles. The van der Waals surface area contributed by atoms with Crippen LogP contribution in [0.2, 0.25) is 0 Å². The number of carbonyl (C=O) groups excluding carboxylic acids is 1. The lowest BCUT2D eigenvalue weighted by molar-refractivity contribution is -0.116. The highest BCUT2D eigenvalue weighted by molar-refractivity contribution is 5.94. The molecule has 0 saturated heterocycles. The highest BCUT2D eigenvalue weighted by atomic mass is 16.1. The number of hydrogen-bond acceptors (Lipinski definition) is 1. The lowest BCUT2D eigenvalue weighted by Gasteiger charge is -2.20. The third-order valence-electron chi connectivity index (χ3n) is 3.33. The summed E-state index contributed by atoms with van der Waals surface area (Å²) in [5.74, 6) is 1.04. The van der Waals surface area contributed by atoms with E-state index in [0.29, 0.717) is 6.42 Å². The number of benzene rings is 1. The first-order chi connectivity index (χ1) is 8.33. The summed E-state index contributed by atoms with van der Waals surface area (Å²) in [5, 5.41) is 3.02. The largest absolute Gasteiger partial charge is 0.326 e. The SMILES string of the molecule is CC.O=C1CCc2cccc(CC3CC3)c2N1. The maximum atomic E-state index is 11.4. The van der Waals surface area contributed by atoms with E-state index >= 15 is 0 Å². The highest BCUT2D eigenvalue weighted by Gasteiger charge is 2.24. The van der Waals surface area contributed by atoms with Gasteiger partial charge in [-0.05, 0) is 42.7 Å². The highest BCUT2D eigenvalue weighted by Crippen LogP contribution is 2.36. The number of hydrogen-bond donors (Lipinski definition) is 1. The van der Waals surface area contributed by atoms with Crippen molar-refractivity contribution in [3.05, 3.63) is 29.3 Å². The van der Waals surface area contributed by atoms with Crippen LogP contribution in [0.25, 0.3) is 0 Å². The molecule has 0 spiro atoms. The number of rotatable bonds is 2. The molecule has 1 aliphatic heterocycles. The molecule has 0 unspecified atom stereocenters. The smallest absolute Gasteiger partial charge is 0.224 e. The second-order valence-electron chi connectivity index (χ2n) is 4.65. The number of para-hydroxylation sites is 1. The van der Waals surface area contributed by atoms with Crippen molar-refractivity contribution in [1.82, 2.24) is 0 Å². The predicted octanol–water partition coefficient (Wildman–Crippen LogP) is 3.55. The fourth-order valence-corrected chi connectivity index (χ4v) is 2.28. The quantitative estimate of drug-likeness (QED) is 0.828. The Morgan fingerprint density at radius 3 is 2.71 bits per heavy atom. The Kier molecular flexibility index (Phi) is 3.82. The van der Waals surface area contributed by atoms with Crippen molar-refractivity contribution in [2.45, 2.75) is 46.0 Å². The molecule has 17 heavy (non-hydrogen) atoms. The molecule has 1 heterocycles. The molecule has 3 rings (SSSR count). The first kappa shape index (κ1) is 12.2. The molecule has 1 N–H and O–H groups in total. The van der Waals surface area contributed by atoms with E-state index in [4.69, 9.17) is 0 Å². The molecule has 1 aromatic rings. The Morgan fingerprint density at radius 1 is 1.24 bits per heavy atom. The topological polar surface area (TPSA) is 29.1 Å². The van der Waals surface area contributed by atoms with E-state index in [0.717, 1.165) is 24.4 Å². The number of anilines is 1. The number of aryl methyl sites for hydroxylation is 1. The number of amides is 1. The molecular weight excluding hydrogens is 210 g/mol. The summed E-state index contributed by atoms with van der Waals surface area (Å²) in [6.07, 6.45) is 5.40. The van der Waals surface area contributed by atoms with Crippen molar-refractivity contribution < 1.29 is 4.79 Å². The van der Waals surface area contributed by atoms with Crippen LogP contribution in [0.4, 0.5) is 5.69 Å². The van der Waals surface area contributed by atoms with Crippen molar-refractivity contribution in [2.24, 2.45) is 5.92 Å². The molecule has 2 aliphatic rings. The number of nitrogens with one attached hydrogen (secondary N) is 1. The summed E-state index contributed by atoms with van der Waals surface area (Å²) in [7, 11) is 0. The van der Waals surface area contributed by atoms with Crippen LogP contribution in [0.15, 0.2) is 18.2 Å². The van der Waals surface area contributed by atoms with Crippen molar-refractivity contribution in [3.63, 3.8) is 0 Å². The fourth-order valence-electron chi connectivity index (χ4n) is 2.28. The van der Waals surface area contributed by atoms with Gasteiger partial charge in [-0.1, -0.05) is 32.0 Å². The van der Waals surface area contributed by atoms with E-state index in [2.05, 4.69) is 23.5 Å². The van der Waals surface area contributed by atoms with E-state index in [1.807, 2.05) is 13.8 Å². The monoisotopic (exact) mass is 231 g/mol. The average molecular weight is 231 g/mol. The van der Waals surface area contributed by atoms with Gasteiger partial charge < -0.3 is 5.32 Å². The first-order valence-electron chi connectivity index (χ1n) is 6.73. The fraction of sp³-hybridized carbons (Fsp3) is 0.533. The van der Waals surface area contributed by atoms with Gasteiger partial charge in [-0.2, -0.15) is 0 Å². The van der Waals surface area contributed by atoms with E-state index in [1.165, 1.54) is 24.0 Å². The summed E-state index contributed by atoms with van der Waals surface area (Å²) < 4.78 is 0. The van der Waals surface area contributed by atoms with Crippen LogP contribution in [-0.2, 0) is 17.6 Å². The maximum absolute atomic E-state index is 11.4. The van der Waals surface area contributed by atoms with Gasteiger partial charge in [0.2, 0.25) is 5.91 Å². The molecule has 1 fully saturated rings. The second-order valence-corrected chi connectivity index (χ2v) is 4.65. The van der Waals surface area contributed by atoms with Crippen LogP contribution >= 0.6 is 0 Å². The zero-order valence-electron chi connectivity index (χ0n) is 10.8. The Hall–Kier alpha value is -1.31. The second kappa shape index (κ2) is 5.35. The average Bonchev–Trinajstić information content (AvgIpc) is 3.17. The summed E-state index contributed by atoms with van der Waals surface area (Å²) in [4.78, 5) is 11.4. The lowest BCUT2D eigenvalue weighted by Crippen LogP contribution is -2.20. The summed E-state index contributed by atoms with van der Waals surface area (Å²) in [6.45, 7) is 4.00. The number of carbonyl (C=O) groups is 1. The van der Waals surface area contributed by atoms with Crippen LogP contribution in [0.3, 0.4) is 0 Å². The van der Waals surface area contributed by atoms with Crippen LogP contribution in [0, 0.1) is 5.92 Å². The van der Waals surface area contributed by atoms with Crippen molar-refractivity contribution in [2.75, 3.05) is 5.32 Å². The molecule has 1 amide bonds. The van der Waals surface area contributed by atoms with Crippen molar-refractivity contribution in [3.8, 4) is 0 Å². The minimum absolute atomic E-state index is 0.172. The van der Waals surface area contributed by atoms with Gasteiger partial charge in [-0.15, -0.1) is 0 Å². The van der Waals surface area contributed by atoms with Gasteiger partial charge in [0, 0.05) is 12.1 Å². The van der Waals surface area contributed by atoms with Crippen LogP contribution < -0.4 is 5.32 Å². The lowest BCUT2D eigenvalue weighted by atomic mass is 9.96. The van der Waals surface area contributed by atoms with Gasteiger partial charge >= 0.3 is 0 Å². The van der Waals surface area contributed by atoms with Crippen LogP contribution in [0.1, 0.15) is 44.2 Å². The molecular formula is C15H21NO. The zero-order valence-corrected chi connectivity index (χ0v) is 10.8. The zero-order chi connectivity index (χ0) is 12.3. The molecule has 1 saturated carbocycles. The molecule has 2 heteroatoms. The van der Waals surface area contributed by atoms with Gasteiger partial charge in [0.1, 0.15) is 0 Å². The van der Waals surface area contributed by atoms with E-state index in [1.54, 1.807) is 0 Å². The molecule has 0 atom stereocenters. The third-order valence-corrected chi connectivity index (χ3v) is 3.33. The number of fused-ring (bicyclic) bond motifs is 1. The predicted molar refractivity (Wildman–Crippen MR) is 71.2 cm³/mol. The minimum atomic E-state index is 0.172. The minimum Gasteiger partial charge on any atom is -0.326 e. The third kappa shape index (κ3) is 2.87. The van der Waals surface area contributed by atoms with Crippen molar-refractivity contribution in [1.29, 1.82) is 0 Å². The van der Waals surface area contributed by atoms with Gasteiger partial charge in [-0.3, -0.25) is 4.79 Å². The van der Waals surface area contributed by atoms with Crippen molar-refractivity contribution >= 4 is 11.6 Å². The first-order valence-corrected chi connectivity index (χ1v) is 6.73. The van der Waals surface area contributed by atoms with E-state index in [-0.39, 0.29) is 5.91 Å². The van der Waals surface area contributed by atoms with Crippen LogP contribution in [0.5, 0.6) is 0 Å². The Bertz CT molecular complexity index is 407. The molecule has 0 bridgehead atoms. The van der Waals surface area contributed by atoms with E-state index < -0.39 is 0 Å². The van der Waals surface area contributed by atoms with Crippen LogP contribution in [-0.4, -0.2) is 5.91 Å². The van der Waals surface area contributed by atoms with Gasteiger partial charge in [0.05, 0.1) is 0 Å². The summed E-state index contributed by atoms with van der Waals surface area (Å²) in [6, 6.07) is 6.40. The molecule has 2 nitrogen and oxygen atoms in total. The molecule has 92 valence electrons. The standard InChI is InChI=1S/C13H15NO.C2H6/c15-12-7-6-10-2-1-3-11(13(10)14-12)8-9-4-5-9;1-2/h1-3,9H,4-8H2,(H,14,15);1-2H3. The molecule has 1 aromatic carbocycles. The van der Waals surface area contributed by atoms with Gasteiger partial charge in [-0.25, -0.2) is 0 Å². The maximum Gasteiger partial charge on any atom is 0.224 e. The van der Waals surface area contributed by atoms with Gasteiger partial charge in [0.25, 0.3) is 0 Å². The Labute approximate surface area is 103 Å². The molecule has 1 aliphatic carbocycles. The Balaban J connectivity index is 0.000000514. The van der Waals surface area contributed by atoms with E-state index in [9.17, 15) is 4.79 Å². The summed E-state index contributed by atoms with van der Waals surface area (Å²) >= 11 is 0. The molecule has 0 radical (unpaired) electrons. The Morgan fingerprint density at radius 2 is 2.00 bits per heavy atom.